The van der Waals surface area contributed by atoms with Gasteiger partial charge in [0.15, 0.2) is 0 Å². The third-order valence-corrected chi connectivity index (χ3v) is 4.33. The predicted molar refractivity (Wildman–Crippen MR) is 103 cm³/mol. The molecule has 0 fully saturated rings. The molecular weight excluding hydrogens is 359 g/mol. The summed E-state index contributed by atoms with van der Waals surface area (Å²) in [5, 5.41) is 5.50. The van der Waals surface area contributed by atoms with Crippen LogP contribution in [-0.4, -0.2) is 28.3 Å². The standard InChI is InChI=1S/C21H21FN4O2/c1-14-9-16(7-8-17(14)22)12-24-21(28)19-10-18(25-13-26-19)20(27)23-11-15-5-3-2-4-6-15/h3,5-10,13H,2,4,11-12H2,1H3,(H,23,27)(H,24,28). The maximum atomic E-state index is 13.3. The fourth-order valence-corrected chi connectivity index (χ4v) is 2.77. The Labute approximate surface area is 162 Å². The van der Waals surface area contributed by atoms with Gasteiger partial charge < -0.3 is 10.6 Å². The van der Waals surface area contributed by atoms with E-state index in [4.69, 9.17) is 0 Å². The van der Waals surface area contributed by atoms with Crippen LogP contribution in [0.2, 0.25) is 0 Å². The molecule has 0 saturated heterocycles. The molecule has 0 bridgehead atoms. The van der Waals surface area contributed by atoms with Gasteiger partial charge in [-0.1, -0.05) is 30.4 Å². The van der Waals surface area contributed by atoms with Crippen molar-refractivity contribution in [1.82, 2.24) is 20.6 Å². The number of halogens is 1. The Morgan fingerprint density at radius 3 is 2.39 bits per heavy atom. The van der Waals surface area contributed by atoms with Crippen LogP contribution in [0.1, 0.15) is 44.9 Å². The quantitative estimate of drug-likeness (QED) is 0.807. The fraction of sp³-hybridized carbons (Fsp3) is 0.238. The van der Waals surface area contributed by atoms with Crippen LogP contribution in [0.3, 0.4) is 0 Å². The monoisotopic (exact) mass is 380 g/mol. The zero-order valence-corrected chi connectivity index (χ0v) is 15.5. The van der Waals surface area contributed by atoms with Gasteiger partial charge in [-0.25, -0.2) is 14.4 Å². The molecule has 2 aromatic rings. The molecule has 1 aromatic carbocycles. The SMILES string of the molecule is Cc1cc(CNC(=O)c2cc(C(=O)NCC3=CCCC=C3)ncn2)ccc1F. The Kier molecular flexibility index (Phi) is 6.26. The fourth-order valence-electron chi connectivity index (χ4n) is 2.77. The molecule has 2 amide bonds. The predicted octanol–water partition coefficient (Wildman–Crippen LogP) is 2.86. The average Bonchev–Trinajstić information content (AvgIpc) is 2.73. The second-order valence-electron chi connectivity index (χ2n) is 6.50. The number of hydrogen-bond donors (Lipinski definition) is 2. The van der Waals surface area contributed by atoms with Gasteiger partial charge in [-0.2, -0.15) is 0 Å². The molecule has 1 aliphatic rings. The minimum atomic E-state index is -0.434. The van der Waals surface area contributed by atoms with Crippen molar-refractivity contribution in [3.8, 4) is 0 Å². The molecule has 1 aliphatic carbocycles. The van der Waals surface area contributed by atoms with Crippen LogP contribution in [0, 0.1) is 12.7 Å². The summed E-state index contributed by atoms with van der Waals surface area (Å²) in [5.74, 6) is -1.09. The Balaban J connectivity index is 1.59. The molecule has 0 radical (unpaired) electrons. The lowest BCUT2D eigenvalue weighted by atomic mass is 10.1. The van der Waals surface area contributed by atoms with Gasteiger partial charge in [-0.15, -0.1) is 0 Å². The number of hydrogen-bond acceptors (Lipinski definition) is 4. The Morgan fingerprint density at radius 1 is 1.04 bits per heavy atom. The van der Waals surface area contributed by atoms with Crippen LogP contribution >= 0.6 is 0 Å². The van der Waals surface area contributed by atoms with Gasteiger partial charge in [-0.05, 0) is 42.5 Å². The summed E-state index contributed by atoms with van der Waals surface area (Å²) in [6.45, 7) is 2.30. The lowest BCUT2D eigenvalue weighted by molar-refractivity contribution is 0.0945. The zero-order chi connectivity index (χ0) is 19.9. The van der Waals surface area contributed by atoms with E-state index in [9.17, 15) is 14.0 Å². The molecule has 0 saturated carbocycles. The van der Waals surface area contributed by atoms with Crippen molar-refractivity contribution >= 4 is 11.8 Å². The van der Waals surface area contributed by atoms with E-state index in [-0.39, 0.29) is 29.7 Å². The number of rotatable bonds is 6. The number of nitrogens with zero attached hydrogens (tertiary/aromatic N) is 2. The molecule has 28 heavy (non-hydrogen) atoms. The first-order valence-electron chi connectivity index (χ1n) is 9.02. The van der Waals surface area contributed by atoms with Gasteiger partial charge >= 0.3 is 0 Å². The van der Waals surface area contributed by atoms with E-state index in [0.717, 1.165) is 24.0 Å². The van der Waals surface area contributed by atoms with Crippen molar-refractivity contribution in [3.05, 3.63) is 82.7 Å². The number of carbonyl (C=O) groups excluding carboxylic acids is 2. The van der Waals surface area contributed by atoms with Crippen molar-refractivity contribution in [2.45, 2.75) is 26.3 Å². The zero-order valence-electron chi connectivity index (χ0n) is 15.5. The highest BCUT2D eigenvalue weighted by Crippen LogP contribution is 2.10. The molecule has 2 N–H and O–H groups in total. The second-order valence-corrected chi connectivity index (χ2v) is 6.50. The molecule has 0 unspecified atom stereocenters. The average molecular weight is 380 g/mol. The third kappa shape index (κ3) is 5.09. The first kappa shape index (κ1) is 19.4. The van der Waals surface area contributed by atoms with E-state index in [0.29, 0.717) is 12.1 Å². The highest BCUT2D eigenvalue weighted by molar-refractivity contribution is 5.97. The topological polar surface area (TPSA) is 84.0 Å². The number of amides is 2. The molecule has 0 aliphatic heterocycles. The van der Waals surface area contributed by atoms with Gasteiger partial charge in [-0.3, -0.25) is 9.59 Å². The minimum Gasteiger partial charge on any atom is -0.347 e. The third-order valence-electron chi connectivity index (χ3n) is 4.33. The first-order valence-corrected chi connectivity index (χ1v) is 9.02. The number of aryl methyl sites for hydroxylation is 1. The molecule has 3 rings (SSSR count). The first-order chi connectivity index (χ1) is 13.5. The molecule has 7 heteroatoms. The van der Waals surface area contributed by atoms with Crippen LogP contribution in [0.4, 0.5) is 4.39 Å². The highest BCUT2D eigenvalue weighted by atomic mass is 19.1. The number of carbonyl (C=O) groups is 2. The number of nitrogens with one attached hydrogen (secondary N) is 2. The number of benzene rings is 1. The van der Waals surface area contributed by atoms with Gasteiger partial charge in [0.1, 0.15) is 23.5 Å². The minimum absolute atomic E-state index is 0.0933. The van der Waals surface area contributed by atoms with Gasteiger partial charge in [0.2, 0.25) is 0 Å². The van der Waals surface area contributed by atoms with Crippen molar-refractivity contribution in [2.75, 3.05) is 6.54 Å². The number of allylic oxidation sites excluding steroid dienone is 2. The molecule has 0 atom stereocenters. The van der Waals surface area contributed by atoms with E-state index in [2.05, 4.69) is 32.8 Å². The largest absolute Gasteiger partial charge is 0.347 e. The lowest BCUT2D eigenvalue weighted by Crippen LogP contribution is -2.28. The smallest absolute Gasteiger partial charge is 0.270 e. The van der Waals surface area contributed by atoms with Gasteiger partial charge in [0, 0.05) is 19.2 Å². The van der Waals surface area contributed by atoms with Crippen LogP contribution < -0.4 is 10.6 Å². The van der Waals surface area contributed by atoms with Crippen molar-refractivity contribution in [2.24, 2.45) is 0 Å². The number of aromatic nitrogens is 2. The summed E-state index contributed by atoms with van der Waals surface area (Å²) in [5.41, 5.74) is 2.54. The van der Waals surface area contributed by atoms with E-state index in [1.807, 2.05) is 6.08 Å². The highest BCUT2D eigenvalue weighted by Gasteiger charge is 2.13. The summed E-state index contributed by atoms with van der Waals surface area (Å²) < 4.78 is 13.3. The molecule has 1 heterocycles. The Hall–Kier alpha value is -3.35. The maximum Gasteiger partial charge on any atom is 0.270 e. The van der Waals surface area contributed by atoms with Crippen molar-refractivity contribution in [1.29, 1.82) is 0 Å². The molecule has 0 spiro atoms. The van der Waals surface area contributed by atoms with Crippen molar-refractivity contribution < 1.29 is 14.0 Å². The van der Waals surface area contributed by atoms with Crippen LogP contribution in [0.15, 0.2) is 54.4 Å². The van der Waals surface area contributed by atoms with Crippen LogP contribution in [-0.2, 0) is 6.54 Å². The summed E-state index contributed by atoms with van der Waals surface area (Å²) >= 11 is 0. The molecule has 1 aromatic heterocycles. The van der Waals surface area contributed by atoms with E-state index in [1.54, 1.807) is 19.1 Å². The molecular formula is C21H21FN4O2. The summed E-state index contributed by atoms with van der Waals surface area (Å²) in [4.78, 5) is 32.5. The second kappa shape index (κ2) is 9.03. The maximum absolute atomic E-state index is 13.3. The van der Waals surface area contributed by atoms with Gasteiger partial charge in [0.05, 0.1) is 0 Å². The Bertz CT molecular complexity index is 953. The van der Waals surface area contributed by atoms with Crippen LogP contribution in [0.5, 0.6) is 0 Å². The normalized spacial score (nSPS) is 13.0. The molecule has 144 valence electrons. The summed E-state index contributed by atoms with van der Waals surface area (Å²) in [6, 6.07) is 5.99. The Morgan fingerprint density at radius 2 is 1.75 bits per heavy atom. The van der Waals surface area contributed by atoms with E-state index >= 15 is 0 Å². The van der Waals surface area contributed by atoms with E-state index in [1.165, 1.54) is 18.5 Å². The van der Waals surface area contributed by atoms with Gasteiger partial charge in [0.25, 0.3) is 11.8 Å². The van der Waals surface area contributed by atoms with Crippen LogP contribution in [0.25, 0.3) is 0 Å². The summed E-state index contributed by atoms with van der Waals surface area (Å²) in [7, 11) is 0. The summed E-state index contributed by atoms with van der Waals surface area (Å²) in [6.07, 6.45) is 9.30. The van der Waals surface area contributed by atoms with E-state index < -0.39 is 5.91 Å². The lowest BCUT2D eigenvalue weighted by Gasteiger charge is -2.09. The van der Waals surface area contributed by atoms with Crippen molar-refractivity contribution in [3.63, 3.8) is 0 Å². The molecule has 6 nitrogen and oxygen atoms in total.